The van der Waals surface area contributed by atoms with E-state index in [1.807, 2.05) is 71.8 Å². The van der Waals surface area contributed by atoms with Gasteiger partial charge in [-0.15, -0.1) is 0 Å². The van der Waals surface area contributed by atoms with Gasteiger partial charge in [0.1, 0.15) is 11.5 Å². The fourth-order valence-electron chi connectivity index (χ4n) is 3.33. The van der Waals surface area contributed by atoms with Gasteiger partial charge in [0.2, 0.25) is 5.91 Å². The van der Waals surface area contributed by atoms with Gasteiger partial charge in [-0.25, -0.2) is 0 Å². The fourth-order valence-corrected chi connectivity index (χ4v) is 3.33. The van der Waals surface area contributed by atoms with Gasteiger partial charge < -0.3 is 19.0 Å². The third kappa shape index (κ3) is 3.93. The highest BCUT2D eigenvalue weighted by Crippen LogP contribution is 2.25. The van der Waals surface area contributed by atoms with Crippen molar-refractivity contribution in [1.29, 1.82) is 0 Å². The lowest BCUT2D eigenvalue weighted by Crippen LogP contribution is -2.31. The minimum absolute atomic E-state index is 0.0453. The number of furan rings is 1. The van der Waals surface area contributed by atoms with E-state index in [4.69, 9.17) is 9.15 Å². The van der Waals surface area contributed by atoms with Crippen LogP contribution in [0.15, 0.2) is 77.5 Å². The molecule has 0 saturated carbocycles. The van der Waals surface area contributed by atoms with Gasteiger partial charge >= 0.3 is 0 Å². The average Bonchev–Trinajstić information content (AvgIpc) is 3.38. The van der Waals surface area contributed by atoms with Crippen molar-refractivity contribution in [2.24, 2.45) is 0 Å². The van der Waals surface area contributed by atoms with E-state index in [0.29, 0.717) is 19.5 Å². The van der Waals surface area contributed by atoms with Crippen LogP contribution < -0.4 is 4.74 Å². The summed E-state index contributed by atoms with van der Waals surface area (Å²) in [6.07, 6.45) is 3.84. The molecule has 2 aromatic heterocycles. The van der Waals surface area contributed by atoms with Gasteiger partial charge in [-0.1, -0.05) is 30.3 Å². The number of nitrogens with one attached hydrogen (secondary N) is 1. The van der Waals surface area contributed by atoms with E-state index < -0.39 is 0 Å². The maximum atomic E-state index is 13.2. The molecule has 4 aromatic rings. The lowest BCUT2D eigenvalue weighted by molar-refractivity contribution is -0.132. The lowest BCUT2D eigenvalue weighted by Gasteiger charge is -2.22. The van der Waals surface area contributed by atoms with Crippen molar-refractivity contribution in [3.05, 3.63) is 90.0 Å². The van der Waals surface area contributed by atoms with E-state index in [1.165, 1.54) is 0 Å². The number of aromatic amines is 1. The number of carbonyl (C=O) groups is 1. The number of amides is 1. The molecule has 0 unspecified atom stereocenters. The first-order chi connectivity index (χ1) is 13.7. The normalized spacial score (nSPS) is 10.9. The van der Waals surface area contributed by atoms with Gasteiger partial charge in [-0.05, 0) is 41.5 Å². The van der Waals surface area contributed by atoms with Crippen LogP contribution in [0.5, 0.6) is 5.75 Å². The molecule has 0 bridgehead atoms. The van der Waals surface area contributed by atoms with Crippen molar-refractivity contribution < 1.29 is 13.9 Å². The van der Waals surface area contributed by atoms with E-state index in [2.05, 4.69) is 4.98 Å². The molecule has 0 atom stereocenters. The zero-order valence-corrected chi connectivity index (χ0v) is 15.7. The summed E-state index contributed by atoms with van der Waals surface area (Å²) in [6.45, 7) is 0.971. The molecule has 1 N–H and O–H groups in total. The highest BCUT2D eigenvalue weighted by atomic mass is 16.5. The number of aromatic nitrogens is 1. The van der Waals surface area contributed by atoms with Crippen molar-refractivity contribution in [2.75, 3.05) is 7.11 Å². The predicted octanol–water partition coefficient (Wildman–Crippen LogP) is 4.54. The number of H-pyrrole nitrogens is 1. The van der Waals surface area contributed by atoms with E-state index in [1.54, 1.807) is 13.4 Å². The van der Waals surface area contributed by atoms with Gasteiger partial charge in [0.25, 0.3) is 0 Å². The van der Waals surface area contributed by atoms with Crippen LogP contribution >= 0.6 is 0 Å². The van der Waals surface area contributed by atoms with Crippen molar-refractivity contribution in [3.8, 4) is 5.75 Å². The number of ether oxygens (including phenoxy) is 1. The topological polar surface area (TPSA) is 58.5 Å². The Kier molecular flexibility index (Phi) is 5.15. The first-order valence-corrected chi connectivity index (χ1v) is 9.21. The first kappa shape index (κ1) is 17.9. The molecule has 0 aliphatic rings. The Morgan fingerprint density at radius 2 is 1.93 bits per heavy atom. The third-order valence-corrected chi connectivity index (χ3v) is 4.81. The molecule has 1 amide bonds. The molecular formula is C23H22N2O3. The number of benzene rings is 2. The zero-order valence-electron chi connectivity index (χ0n) is 15.7. The second kappa shape index (κ2) is 8.05. The number of carbonyl (C=O) groups excluding carboxylic acids is 1. The molecular weight excluding hydrogens is 352 g/mol. The van der Waals surface area contributed by atoms with E-state index in [0.717, 1.165) is 33.5 Å². The number of nitrogens with zero attached hydrogens (tertiary/aromatic N) is 1. The summed E-state index contributed by atoms with van der Waals surface area (Å²) in [5, 5.41) is 1.00. The Balaban J connectivity index is 1.58. The number of rotatable bonds is 7. The van der Waals surface area contributed by atoms with Crippen LogP contribution in [0.2, 0.25) is 0 Å². The molecule has 0 saturated heterocycles. The molecule has 2 heterocycles. The van der Waals surface area contributed by atoms with E-state index in [9.17, 15) is 4.79 Å². The van der Waals surface area contributed by atoms with Gasteiger partial charge in [-0.2, -0.15) is 0 Å². The molecule has 0 fully saturated rings. The molecule has 5 nitrogen and oxygen atoms in total. The molecule has 0 aliphatic carbocycles. The summed E-state index contributed by atoms with van der Waals surface area (Å²) >= 11 is 0. The van der Waals surface area contributed by atoms with Crippen LogP contribution in [-0.4, -0.2) is 22.9 Å². The number of methoxy groups -OCH3 is 1. The predicted molar refractivity (Wildman–Crippen MR) is 108 cm³/mol. The Labute approximate surface area is 163 Å². The van der Waals surface area contributed by atoms with Crippen LogP contribution in [0.3, 0.4) is 0 Å². The second-order valence-electron chi connectivity index (χ2n) is 6.72. The fraction of sp³-hybridized carbons (Fsp3) is 0.174. The summed E-state index contributed by atoms with van der Waals surface area (Å²) in [7, 11) is 1.64. The number of hydrogen-bond acceptors (Lipinski definition) is 3. The Hall–Kier alpha value is -3.47. The van der Waals surface area contributed by atoms with Gasteiger partial charge in [0.15, 0.2) is 0 Å². The van der Waals surface area contributed by atoms with Crippen LogP contribution in [0.25, 0.3) is 10.9 Å². The second-order valence-corrected chi connectivity index (χ2v) is 6.72. The molecule has 0 radical (unpaired) electrons. The zero-order chi connectivity index (χ0) is 19.3. The quantitative estimate of drug-likeness (QED) is 0.517. The summed E-state index contributed by atoms with van der Waals surface area (Å²) < 4.78 is 10.8. The maximum Gasteiger partial charge on any atom is 0.227 e. The minimum atomic E-state index is 0.0453. The summed E-state index contributed by atoms with van der Waals surface area (Å²) in [5.41, 5.74) is 3.03. The van der Waals surface area contributed by atoms with Gasteiger partial charge in [-0.3, -0.25) is 4.79 Å². The average molecular weight is 374 g/mol. The molecule has 28 heavy (non-hydrogen) atoms. The summed E-state index contributed by atoms with van der Waals surface area (Å²) in [6, 6.07) is 19.6. The Morgan fingerprint density at radius 1 is 1.07 bits per heavy atom. The number of fused-ring (bicyclic) bond motifs is 1. The van der Waals surface area contributed by atoms with Crippen molar-refractivity contribution >= 4 is 16.8 Å². The Bertz CT molecular complexity index is 1050. The molecule has 5 heteroatoms. The van der Waals surface area contributed by atoms with Crippen LogP contribution in [0.4, 0.5) is 0 Å². The van der Waals surface area contributed by atoms with Crippen LogP contribution in [0.1, 0.15) is 16.9 Å². The monoisotopic (exact) mass is 374 g/mol. The minimum Gasteiger partial charge on any atom is -0.497 e. The Morgan fingerprint density at radius 3 is 2.68 bits per heavy atom. The van der Waals surface area contributed by atoms with E-state index in [-0.39, 0.29) is 5.91 Å². The summed E-state index contributed by atoms with van der Waals surface area (Å²) in [4.78, 5) is 18.2. The molecule has 4 rings (SSSR count). The maximum absolute atomic E-state index is 13.2. The van der Waals surface area contributed by atoms with Crippen LogP contribution in [-0.2, 0) is 24.3 Å². The molecule has 0 aliphatic heterocycles. The largest absolute Gasteiger partial charge is 0.497 e. The first-order valence-electron chi connectivity index (χ1n) is 9.21. The highest BCUT2D eigenvalue weighted by Gasteiger charge is 2.18. The van der Waals surface area contributed by atoms with Crippen LogP contribution in [0, 0.1) is 0 Å². The summed E-state index contributed by atoms with van der Waals surface area (Å²) in [5.74, 6) is 1.59. The van der Waals surface area contributed by atoms with Crippen molar-refractivity contribution in [1.82, 2.24) is 9.88 Å². The smallest absolute Gasteiger partial charge is 0.227 e. The van der Waals surface area contributed by atoms with Crippen molar-refractivity contribution in [3.63, 3.8) is 0 Å². The molecule has 0 spiro atoms. The third-order valence-electron chi connectivity index (χ3n) is 4.81. The highest BCUT2D eigenvalue weighted by molar-refractivity contribution is 5.89. The van der Waals surface area contributed by atoms with Gasteiger partial charge in [0.05, 0.1) is 26.3 Å². The lowest BCUT2D eigenvalue weighted by atomic mass is 10.1. The SMILES string of the molecule is COc1ccc2[nH]cc(CC(=O)N(Cc3ccccc3)Cc3ccco3)c2c1. The molecule has 2 aromatic carbocycles. The standard InChI is InChI=1S/C23H22N2O3/c1-27-19-9-10-22-21(13-19)18(14-24-22)12-23(26)25(16-20-8-5-11-28-20)15-17-6-3-2-4-7-17/h2-11,13-14,24H,12,15-16H2,1H3. The van der Waals surface area contributed by atoms with Gasteiger partial charge in [0, 0.05) is 23.6 Å². The van der Waals surface area contributed by atoms with Crippen molar-refractivity contribution in [2.45, 2.75) is 19.5 Å². The number of hydrogen-bond donors (Lipinski definition) is 1. The van der Waals surface area contributed by atoms with E-state index >= 15 is 0 Å². The molecule has 142 valence electrons.